The average Bonchev–Trinajstić information content (AvgIpc) is 2.43. The predicted molar refractivity (Wildman–Crippen MR) is 81.9 cm³/mol. The number of hydrogen-bond acceptors (Lipinski definition) is 5. The lowest BCUT2D eigenvalue weighted by atomic mass is 9.84. The molecule has 20 heavy (non-hydrogen) atoms. The van der Waals surface area contributed by atoms with E-state index in [0.717, 1.165) is 5.92 Å². The Bertz CT molecular complexity index is 428. The van der Waals surface area contributed by atoms with Crippen molar-refractivity contribution in [3.63, 3.8) is 0 Å². The monoisotopic (exact) mass is 278 g/mol. The lowest BCUT2D eigenvalue weighted by Gasteiger charge is -2.29. The quantitative estimate of drug-likeness (QED) is 0.865. The van der Waals surface area contributed by atoms with E-state index in [2.05, 4.69) is 22.2 Å². The summed E-state index contributed by atoms with van der Waals surface area (Å²) in [5.74, 6) is 2.06. The standard InChI is InChI=1S/C15H26N4O/c1-4-11-5-7-12(8-6-11)19-14-13(16)15(18-9-17-14)20-10(2)3/h9-12H,4-8,16H2,1-3H3,(H,17,18,19). The fourth-order valence-corrected chi connectivity index (χ4v) is 2.72. The minimum absolute atomic E-state index is 0.0556. The van der Waals surface area contributed by atoms with Crippen LogP contribution in [0.1, 0.15) is 52.9 Å². The number of aromatic nitrogens is 2. The largest absolute Gasteiger partial charge is 0.473 e. The van der Waals surface area contributed by atoms with E-state index in [0.29, 0.717) is 23.4 Å². The molecule has 0 amide bonds. The Kier molecular flexibility index (Phi) is 5.04. The zero-order valence-electron chi connectivity index (χ0n) is 12.7. The molecule has 5 nitrogen and oxygen atoms in total. The molecular weight excluding hydrogens is 252 g/mol. The third-order valence-corrected chi connectivity index (χ3v) is 3.96. The van der Waals surface area contributed by atoms with Crippen LogP contribution in [0.3, 0.4) is 0 Å². The molecule has 0 bridgehead atoms. The van der Waals surface area contributed by atoms with E-state index in [1.807, 2.05) is 13.8 Å². The van der Waals surface area contributed by atoms with Crippen LogP contribution >= 0.6 is 0 Å². The second-order valence-electron chi connectivity index (χ2n) is 5.88. The van der Waals surface area contributed by atoms with Gasteiger partial charge in [-0.1, -0.05) is 13.3 Å². The maximum absolute atomic E-state index is 6.09. The minimum atomic E-state index is 0.0556. The highest BCUT2D eigenvalue weighted by atomic mass is 16.5. The Morgan fingerprint density at radius 1 is 1.30 bits per heavy atom. The third kappa shape index (κ3) is 3.74. The molecule has 112 valence electrons. The molecular formula is C15H26N4O. The molecule has 3 N–H and O–H groups in total. The molecule has 1 fully saturated rings. The number of ether oxygens (including phenoxy) is 1. The van der Waals surface area contributed by atoms with Crippen LogP contribution in [0.25, 0.3) is 0 Å². The molecule has 0 radical (unpaired) electrons. The van der Waals surface area contributed by atoms with Gasteiger partial charge in [0, 0.05) is 6.04 Å². The van der Waals surface area contributed by atoms with Crippen molar-refractivity contribution in [2.24, 2.45) is 5.92 Å². The molecule has 1 aromatic heterocycles. The van der Waals surface area contributed by atoms with Gasteiger partial charge in [-0.15, -0.1) is 0 Å². The molecule has 1 aromatic rings. The number of anilines is 2. The SMILES string of the molecule is CCC1CCC(Nc2ncnc(OC(C)C)c2N)CC1. The zero-order valence-corrected chi connectivity index (χ0v) is 12.7. The van der Waals surface area contributed by atoms with E-state index in [4.69, 9.17) is 10.5 Å². The van der Waals surface area contributed by atoms with Crippen molar-refractivity contribution >= 4 is 11.5 Å². The van der Waals surface area contributed by atoms with Crippen LogP contribution in [0.5, 0.6) is 5.88 Å². The lowest BCUT2D eigenvalue weighted by molar-refractivity contribution is 0.234. The second kappa shape index (κ2) is 6.77. The first-order valence-corrected chi connectivity index (χ1v) is 7.63. The molecule has 1 heterocycles. The van der Waals surface area contributed by atoms with E-state index >= 15 is 0 Å². The van der Waals surface area contributed by atoms with Gasteiger partial charge in [-0.2, -0.15) is 4.98 Å². The van der Waals surface area contributed by atoms with E-state index < -0.39 is 0 Å². The highest BCUT2D eigenvalue weighted by Crippen LogP contribution is 2.31. The summed E-state index contributed by atoms with van der Waals surface area (Å²) in [5, 5.41) is 3.45. The number of hydrogen-bond donors (Lipinski definition) is 2. The van der Waals surface area contributed by atoms with Crippen molar-refractivity contribution in [2.75, 3.05) is 11.1 Å². The summed E-state index contributed by atoms with van der Waals surface area (Å²) >= 11 is 0. The van der Waals surface area contributed by atoms with Crippen LogP contribution in [0.4, 0.5) is 11.5 Å². The highest BCUT2D eigenvalue weighted by molar-refractivity contribution is 5.66. The molecule has 2 rings (SSSR count). The predicted octanol–water partition coefficient (Wildman–Crippen LogP) is 3.23. The first kappa shape index (κ1) is 14.9. The van der Waals surface area contributed by atoms with E-state index in [9.17, 15) is 0 Å². The van der Waals surface area contributed by atoms with Crippen molar-refractivity contribution in [1.82, 2.24) is 9.97 Å². The first-order chi connectivity index (χ1) is 9.60. The van der Waals surface area contributed by atoms with E-state index in [1.165, 1.54) is 38.4 Å². The van der Waals surface area contributed by atoms with Crippen LogP contribution in [-0.2, 0) is 0 Å². The van der Waals surface area contributed by atoms with Gasteiger partial charge in [0.1, 0.15) is 12.0 Å². The topological polar surface area (TPSA) is 73.1 Å². The van der Waals surface area contributed by atoms with Crippen LogP contribution in [-0.4, -0.2) is 22.1 Å². The number of nitrogens with two attached hydrogens (primary N) is 1. The summed E-state index contributed by atoms with van der Waals surface area (Å²) < 4.78 is 5.59. The van der Waals surface area contributed by atoms with Gasteiger partial charge in [-0.25, -0.2) is 4.98 Å². The Labute approximate surface area is 121 Å². The van der Waals surface area contributed by atoms with Crippen LogP contribution in [0, 0.1) is 5.92 Å². The normalized spacial score (nSPS) is 22.8. The summed E-state index contributed by atoms with van der Waals surface area (Å²) in [5.41, 5.74) is 6.60. The summed E-state index contributed by atoms with van der Waals surface area (Å²) in [6.45, 7) is 6.19. The zero-order chi connectivity index (χ0) is 14.5. The molecule has 0 atom stereocenters. The molecule has 0 spiro atoms. The fraction of sp³-hybridized carbons (Fsp3) is 0.733. The van der Waals surface area contributed by atoms with E-state index in [1.54, 1.807) is 0 Å². The maximum Gasteiger partial charge on any atom is 0.242 e. The second-order valence-corrected chi connectivity index (χ2v) is 5.88. The van der Waals surface area contributed by atoms with Crippen LogP contribution in [0.15, 0.2) is 6.33 Å². The van der Waals surface area contributed by atoms with Gasteiger partial charge < -0.3 is 15.8 Å². The van der Waals surface area contributed by atoms with Crippen molar-refractivity contribution < 1.29 is 4.74 Å². The molecule has 0 aromatic carbocycles. The minimum Gasteiger partial charge on any atom is -0.473 e. The molecule has 1 aliphatic carbocycles. The Balaban J connectivity index is 1.99. The Morgan fingerprint density at radius 3 is 2.60 bits per heavy atom. The highest BCUT2D eigenvalue weighted by Gasteiger charge is 2.21. The van der Waals surface area contributed by atoms with Crippen molar-refractivity contribution in [3.8, 4) is 5.88 Å². The van der Waals surface area contributed by atoms with Crippen LogP contribution in [0.2, 0.25) is 0 Å². The molecule has 5 heteroatoms. The van der Waals surface area contributed by atoms with Crippen molar-refractivity contribution in [3.05, 3.63) is 6.33 Å². The van der Waals surface area contributed by atoms with Gasteiger partial charge in [-0.3, -0.25) is 0 Å². The first-order valence-electron chi connectivity index (χ1n) is 7.63. The lowest BCUT2D eigenvalue weighted by Crippen LogP contribution is -2.27. The Hall–Kier alpha value is -1.52. The van der Waals surface area contributed by atoms with Gasteiger partial charge in [0.2, 0.25) is 5.88 Å². The maximum atomic E-state index is 6.09. The molecule has 0 unspecified atom stereocenters. The molecule has 0 saturated heterocycles. The number of nitrogen functional groups attached to an aromatic ring is 1. The van der Waals surface area contributed by atoms with E-state index in [-0.39, 0.29) is 6.10 Å². The summed E-state index contributed by atoms with van der Waals surface area (Å²) in [4.78, 5) is 8.35. The summed E-state index contributed by atoms with van der Waals surface area (Å²) in [7, 11) is 0. The smallest absolute Gasteiger partial charge is 0.242 e. The van der Waals surface area contributed by atoms with Gasteiger partial charge >= 0.3 is 0 Å². The van der Waals surface area contributed by atoms with Crippen molar-refractivity contribution in [1.29, 1.82) is 0 Å². The van der Waals surface area contributed by atoms with Gasteiger partial charge in [0.05, 0.1) is 6.10 Å². The van der Waals surface area contributed by atoms with Gasteiger partial charge in [0.25, 0.3) is 0 Å². The third-order valence-electron chi connectivity index (χ3n) is 3.96. The number of nitrogens with zero attached hydrogens (tertiary/aromatic N) is 2. The summed E-state index contributed by atoms with van der Waals surface area (Å²) in [6, 6.07) is 0.460. The summed E-state index contributed by atoms with van der Waals surface area (Å²) in [6.07, 6.45) is 7.79. The van der Waals surface area contributed by atoms with Gasteiger partial charge in [0.15, 0.2) is 5.82 Å². The molecule has 1 aliphatic rings. The fourth-order valence-electron chi connectivity index (χ4n) is 2.72. The molecule has 1 saturated carbocycles. The van der Waals surface area contributed by atoms with Gasteiger partial charge in [-0.05, 0) is 45.4 Å². The molecule has 0 aliphatic heterocycles. The average molecular weight is 278 g/mol. The Morgan fingerprint density at radius 2 is 2.00 bits per heavy atom. The number of nitrogens with one attached hydrogen (secondary N) is 1. The number of rotatable bonds is 5. The van der Waals surface area contributed by atoms with Crippen molar-refractivity contribution in [2.45, 2.75) is 65.0 Å². The van der Waals surface area contributed by atoms with Crippen LogP contribution < -0.4 is 15.8 Å².